The van der Waals surface area contributed by atoms with Crippen molar-refractivity contribution in [2.75, 3.05) is 18.0 Å². The van der Waals surface area contributed by atoms with Gasteiger partial charge in [0.2, 0.25) is 0 Å². The van der Waals surface area contributed by atoms with E-state index >= 15 is 0 Å². The first-order valence-corrected chi connectivity index (χ1v) is 10.4. The fraction of sp³-hybridized carbons (Fsp3) is 0.632. The molecule has 0 bridgehead atoms. The highest BCUT2D eigenvalue weighted by Crippen LogP contribution is 2.35. The molecule has 0 radical (unpaired) electrons. The van der Waals surface area contributed by atoms with Crippen molar-refractivity contribution in [3.8, 4) is 0 Å². The van der Waals surface area contributed by atoms with Crippen molar-refractivity contribution in [2.24, 2.45) is 0 Å². The number of aryl methyl sites for hydroxylation is 1. The number of nitrogens with one attached hydrogen (secondary N) is 1. The standard InChI is InChI=1S/C19H26N4OS/c1-13-15-17(23-10-6-3-7-11-23)20-12-21-19(15)25-16(13)18(24)22-14-8-4-2-5-9-14/h12,14H,2-11H2,1H3,(H,22,24). The predicted octanol–water partition coefficient (Wildman–Crippen LogP) is 4.05. The van der Waals surface area contributed by atoms with Crippen LogP contribution < -0.4 is 10.2 Å². The first-order valence-electron chi connectivity index (χ1n) is 9.54. The Labute approximate surface area is 152 Å². The fourth-order valence-corrected chi connectivity index (χ4v) is 5.16. The summed E-state index contributed by atoms with van der Waals surface area (Å²) in [5, 5.41) is 4.32. The number of rotatable bonds is 3. The van der Waals surface area contributed by atoms with E-state index in [9.17, 15) is 4.79 Å². The lowest BCUT2D eigenvalue weighted by Crippen LogP contribution is -2.36. The summed E-state index contributed by atoms with van der Waals surface area (Å²) in [6, 6.07) is 0.332. The van der Waals surface area contributed by atoms with E-state index < -0.39 is 0 Å². The van der Waals surface area contributed by atoms with Crippen LogP contribution in [0.5, 0.6) is 0 Å². The van der Waals surface area contributed by atoms with E-state index in [2.05, 4.69) is 20.2 Å². The maximum Gasteiger partial charge on any atom is 0.261 e. The van der Waals surface area contributed by atoms with Gasteiger partial charge in [-0.1, -0.05) is 19.3 Å². The van der Waals surface area contributed by atoms with Gasteiger partial charge >= 0.3 is 0 Å². The van der Waals surface area contributed by atoms with Crippen LogP contribution in [-0.2, 0) is 0 Å². The Balaban J connectivity index is 1.63. The first-order chi connectivity index (χ1) is 12.2. The number of anilines is 1. The largest absolute Gasteiger partial charge is 0.356 e. The van der Waals surface area contributed by atoms with Crippen molar-refractivity contribution >= 4 is 33.3 Å². The van der Waals surface area contributed by atoms with Gasteiger partial charge in [-0.3, -0.25) is 4.79 Å². The molecule has 1 aliphatic carbocycles. The number of piperidine rings is 1. The number of hydrogen-bond donors (Lipinski definition) is 1. The van der Waals surface area contributed by atoms with Crippen LogP contribution in [0, 0.1) is 6.92 Å². The average molecular weight is 359 g/mol. The van der Waals surface area contributed by atoms with E-state index in [0.29, 0.717) is 6.04 Å². The van der Waals surface area contributed by atoms with Crippen LogP contribution in [0.1, 0.15) is 66.6 Å². The van der Waals surface area contributed by atoms with E-state index in [4.69, 9.17) is 0 Å². The van der Waals surface area contributed by atoms with E-state index in [-0.39, 0.29) is 5.91 Å². The summed E-state index contributed by atoms with van der Waals surface area (Å²) in [5.74, 6) is 1.08. The number of nitrogens with zero attached hydrogens (tertiary/aromatic N) is 3. The van der Waals surface area contributed by atoms with Gasteiger partial charge in [0, 0.05) is 19.1 Å². The van der Waals surface area contributed by atoms with Crippen LogP contribution in [0.2, 0.25) is 0 Å². The Hall–Kier alpha value is -1.69. The molecule has 1 N–H and O–H groups in total. The topological polar surface area (TPSA) is 58.1 Å². The number of thiophene rings is 1. The maximum atomic E-state index is 12.8. The summed E-state index contributed by atoms with van der Waals surface area (Å²) >= 11 is 1.51. The minimum atomic E-state index is 0.0667. The lowest BCUT2D eigenvalue weighted by molar-refractivity contribution is 0.0931. The summed E-state index contributed by atoms with van der Waals surface area (Å²) in [4.78, 5) is 25.9. The van der Waals surface area contributed by atoms with Crippen molar-refractivity contribution in [3.05, 3.63) is 16.8 Å². The van der Waals surface area contributed by atoms with Crippen molar-refractivity contribution in [1.82, 2.24) is 15.3 Å². The van der Waals surface area contributed by atoms with Gasteiger partial charge < -0.3 is 10.2 Å². The number of hydrogen-bond acceptors (Lipinski definition) is 5. The number of fused-ring (bicyclic) bond motifs is 1. The fourth-order valence-electron chi connectivity index (χ4n) is 4.11. The molecule has 3 heterocycles. The molecule has 0 aromatic carbocycles. The summed E-state index contributed by atoms with van der Waals surface area (Å²) in [7, 11) is 0. The highest BCUT2D eigenvalue weighted by molar-refractivity contribution is 7.20. The third kappa shape index (κ3) is 3.36. The van der Waals surface area contributed by atoms with Gasteiger partial charge in [0.25, 0.3) is 5.91 Å². The second-order valence-electron chi connectivity index (χ2n) is 7.29. The van der Waals surface area contributed by atoms with Gasteiger partial charge in [0.05, 0.1) is 10.3 Å². The molecular weight excluding hydrogens is 332 g/mol. The van der Waals surface area contributed by atoms with Crippen LogP contribution >= 0.6 is 11.3 Å². The monoisotopic (exact) mass is 358 g/mol. The maximum absolute atomic E-state index is 12.8. The SMILES string of the molecule is Cc1c(C(=O)NC2CCCCC2)sc2ncnc(N3CCCCC3)c12. The van der Waals surface area contributed by atoms with Gasteiger partial charge in [-0.25, -0.2) is 9.97 Å². The van der Waals surface area contributed by atoms with Crippen molar-refractivity contribution in [3.63, 3.8) is 0 Å². The Morgan fingerprint density at radius 1 is 1.12 bits per heavy atom. The Bertz CT molecular complexity index is 760. The molecule has 5 nitrogen and oxygen atoms in total. The highest BCUT2D eigenvalue weighted by atomic mass is 32.1. The van der Waals surface area contributed by atoms with Gasteiger partial charge in [0.1, 0.15) is 17.0 Å². The molecule has 6 heteroatoms. The molecule has 0 unspecified atom stereocenters. The average Bonchev–Trinajstić information content (AvgIpc) is 3.00. The molecule has 1 saturated heterocycles. The summed E-state index contributed by atoms with van der Waals surface area (Å²) in [5.41, 5.74) is 1.04. The molecule has 2 aliphatic rings. The zero-order valence-corrected chi connectivity index (χ0v) is 15.7. The molecule has 1 aliphatic heterocycles. The van der Waals surface area contributed by atoms with E-state index in [1.165, 1.54) is 49.9 Å². The lowest BCUT2D eigenvalue weighted by Gasteiger charge is -2.28. The van der Waals surface area contributed by atoms with Gasteiger partial charge in [0.15, 0.2) is 0 Å². The van der Waals surface area contributed by atoms with Crippen molar-refractivity contribution in [2.45, 2.75) is 64.3 Å². The Morgan fingerprint density at radius 2 is 1.84 bits per heavy atom. The molecule has 2 aromatic heterocycles. The number of carbonyl (C=O) groups is 1. The zero-order valence-electron chi connectivity index (χ0n) is 14.9. The zero-order chi connectivity index (χ0) is 17.2. The minimum absolute atomic E-state index is 0.0667. The lowest BCUT2D eigenvalue weighted by atomic mass is 9.95. The molecule has 1 saturated carbocycles. The van der Waals surface area contributed by atoms with Crippen LogP contribution in [0.3, 0.4) is 0 Å². The predicted molar refractivity (Wildman–Crippen MR) is 103 cm³/mol. The molecule has 4 rings (SSSR count). The third-order valence-electron chi connectivity index (χ3n) is 5.51. The number of aromatic nitrogens is 2. The van der Waals surface area contributed by atoms with E-state index in [0.717, 1.165) is 52.4 Å². The molecule has 2 fully saturated rings. The summed E-state index contributed by atoms with van der Waals surface area (Å²) in [6.45, 7) is 4.14. The van der Waals surface area contributed by atoms with Crippen molar-refractivity contribution < 1.29 is 4.79 Å². The summed E-state index contributed by atoms with van der Waals surface area (Å²) in [6.07, 6.45) is 11.3. The molecule has 2 aromatic rings. The number of amides is 1. The smallest absolute Gasteiger partial charge is 0.261 e. The van der Waals surface area contributed by atoms with Gasteiger partial charge in [-0.05, 0) is 44.6 Å². The molecule has 0 atom stereocenters. The normalized spacial score (nSPS) is 19.3. The quantitative estimate of drug-likeness (QED) is 0.899. The van der Waals surface area contributed by atoms with Crippen molar-refractivity contribution in [1.29, 1.82) is 0 Å². The van der Waals surface area contributed by atoms with Crippen LogP contribution in [-0.4, -0.2) is 35.0 Å². The Kier molecular flexibility index (Phi) is 4.88. The molecule has 134 valence electrons. The van der Waals surface area contributed by atoms with Crippen LogP contribution in [0.15, 0.2) is 6.33 Å². The third-order valence-corrected chi connectivity index (χ3v) is 6.71. The van der Waals surface area contributed by atoms with Crippen LogP contribution in [0.4, 0.5) is 5.82 Å². The second-order valence-corrected chi connectivity index (χ2v) is 8.29. The molecular formula is C19H26N4OS. The van der Waals surface area contributed by atoms with E-state index in [1.807, 2.05) is 6.92 Å². The van der Waals surface area contributed by atoms with Crippen LogP contribution in [0.25, 0.3) is 10.2 Å². The minimum Gasteiger partial charge on any atom is -0.356 e. The molecule has 1 amide bonds. The summed E-state index contributed by atoms with van der Waals surface area (Å²) < 4.78 is 0. The molecule has 25 heavy (non-hydrogen) atoms. The van der Waals surface area contributed by atoms with E-state index in [1.54, 1.807) is 6.33 Å². The van der Waals surface area contributed by atoms with Gasteiger partial charge in [-0.15, -0.1) is 11.3 Å². The first kappa shape index (κ1) is 16.8. The number of carbonyl (C=O) groups excluding carboxylic acids is 1. The highest BCUT2D eigenvalue weighted by Gasteiger charge is 2.24. The van der Waals surface area contributed by atoms with Gasteiger partial charge in [-0.2, -0.15) is 0 Å². The molecule has 0 spiro atoms. The Morgan fingerprint density at radius 3 is 2.60 bits per heavy atom. The second kappa shape index (κ2) is 7.28.